The van der Waals surface area contributed by atoms with Crippen LogP contribution >= 0.6 is 0 Å². The standard InChI is InChI=1S/C22H24F2N2O4/c1-12(2)19(26-21(28)18-16(23)6-5-7-17(18)24)22(29)30-14(4)20(27)25-15-10-8-13(3)9-11-15/h5-12,14,19H,1-4H3,(H,25,27)(H,26,28)/t14-,19-/m0/s1. The number of amides is 2. The van der Waals surface area contributed by atoms with Gasteiger partial charge in [-0.05, 0) is 44.0 Å². The molecule has 0 aliphatic rings. The number of ether oxygens (including phenoxy) is 1. The summed E-state index contributed by atoms with van der Waals surface area (Å²) in [5.74, 6) is -5.08. The lowest BCUT2D eigenvalue weighted by molar-refractivity contribution is -0.156. The van der Waals surface area contributed by atoms with Gasteiger partial charge < -0.3 is 15.4 Å². The number of hydrogen-bond donors (Lipinski definition) is 2. The highest BCUT2D eigenvalue weighted by molar-refractivity contribution is 5.98. The normalized spacial score (nSPS) is 12.8. The Kier molecular flexibility index (Phi) is 7.63. The molecule has 0 saturated carbocycles. The number of esters is 1. The Bertz CT molecular complexity index is 909. The molecule has 160 valence electrons. The van der Waals surface area contributed by atoms with E-state index in [1.165, 1.54) is 6.92 Å². The van der Waals surface area contributed by atoms with E-state index in [9.17, 15) is 23.2 Å². The molecule has 0 bridgehead atoms. The van der Waals surface area contributed by atoms with E-state index in [1.807, 2.05) is 19.1 Å². The first-order valence-electron chi connectivity index (χ1n) is 9.43. The molecule has 0 saturated heterocycles. The van der Waals surface area contributed by atoms with Gasteiger partial charge in [-0.1, -0.05) is 37.6 Å². The molecule has 0 unspecified atom stereocenters. The van der Waals surface area contributed by atoms with Gasteiger partial charge in [0, 0.05) is 5.69 Å². The van der Waals surface area contributed by atoms with Crippen molar-refractivity contribution in [2.75, 3.05) is 5.32 Å². The molecule has 2 rings (SSSR count). The smallest absolute Gasteiger partial charge is 0.329 e. The van der Waals surface area contributed by atoms with E-state index in [-0.39, 0.29) is 0 Å². The van der Waals surface area contributed by atoms with E-state index >= 15 is 0 Å². The van der Waals surface area contributed by atoms with Crippen molar-refractivity contribution < 1.29 is 27.9 Å². The average Bonchev–Trinajstić information content (AvgIpc) is 2.67. The van der Waals surface area contributed by atoms with Crippen molar-refractivity contribution >= 4 is 23.5 Å². The van der Waals surface area contributed by atoms with Crippen LogP contribution in [0.15, 0.2) is 42.5 Å². The summed E-state index contributed by atoms with van der Waals surface area (Å²) in [6, 6.07) is 8.87. The summed E-state index contributed by atoms with van der Waals surface area (Å²) in [5.41, 5.74) is 0.771. The summed E-state index contributed by atoms with van der Waals surface area (Å²) in [5, 5.41) is 4.91. The van der Waals surface area contributed by atoms with Gasteiger partial charge in [0.25, 0.3) is 11.8 Å². The maximum atomic E-state index is 13.8. The lowest BCUT2D eigenvalue weighted by Crippen LogP contribution is -2.47. The summed E-state index contributed by atoms with van der Waals surface area (Å²) >= 11 is 0. The molecular weight excluding hydrogens is 394 g/mol. The fourth-order valence-electron chi connectivity index (χ4n) is 2.61. The molecule has 2 amide bonds. The lowest BCUT2D eigenvalue weighted by Gasteiger charge is -2.23. The van der Waals surface area contributed by atoms with Gasteiger partial charge in [-0.2, -0.15) is 0 Å². The molecule has 0 fully saturated rings. The molecule has 0 spiro atoms. The second-order valence-electron chi connectivity index (χ2n) is 7.23. The molecule has 2 aromatic rings. The van der Waals surface area contributed by atoms with Crippen molar-refractivity contribution in [2.24, 2.45) is 5.92 Å². The number of carbonyl (C=O) groups is 3. The Morgan fingerprint density at radius 2 is 1.50 bits per heavy atom. The van der Waals surface area contributed by atoms with E-state index < -0.39 is 53.0 Å². The molecule has 2 atom stereocenters. The Labute approximate surface area is 173 Å². The Hall–Kier alpha value is -3.29. The molecular formula is C22H24F2N2O4. The molecule has 2 aromatic carbocycles. The Morgan fingerprint density at radius 1 is 0.933 bits per heavy atom. The number of nitrogens with one attached hydrogen (secondary N) is 2. The zero-order valence-corrected chi connectivity index (χ0v) is 17.2. The molecule has 2 N–H and O–H groups in total. The van der Waals surface area contributed by atoms with Crippen molar-refractivity contribution in [3.63, 3.8) is 0 Å². The summed E-state index contributed by atoms with van der Waals surface area (Å²) in [4.78, 5) is 37.1. The number of hydrogen-bond acceptors (Lipinski definition) is 4. The molecule has 0 radical (unpaired) electrons. The van der Waals surface area contributed by atoms with Gasteiger partial charge in [0.1, 0.15) is 23.2 Å². The summed E-state index contributed by atoms with van der Waals surface area (Å²) in [6.07, 6.45) is -1.15. The fraction of sp³-hybridized carbons (Fsp3) is 0.318. The highest BCUT2D eigenvalue weighted by Crippen LogP contribution is 2.15. The molecule has 8 heteroatoms. The number of anilines is 1. The van der Waals surface area contributed by atoms with E-state index in [0.717, 1.165) is 23.8 Å². The van der Waals surface area contributed by atoms with Gasteiger partial charge in [-0.25, -0.2) is 13.6 Å². The zero-order valence-electron chi connectivity index (χ0n) is 17.2. The van der Waals surface area contributed by atoms with Gasteiger partial charge in [0.2, 0.25) is 0 Å². The highest BCUT2D eigenvalue weighted by Gasteiger charge is 2.30. The van der Waals surface area contributed by atoms with E-state index in [4.69, 9.17) is 4.74 Å². The van der Waals surface area contributed by atoms with Gasteiger partial charge in [-0.3, -0.25) is 9.59 Å². The Balaban J connectivity index is 2.04. The minimum atomic E-state index is -1.20. The van der Waals surface area contributed by atoms with Gasteiger partial charge in [0.05, 0.1) is 0 Å². The van der Waals surface area contributed by atoms with Crippen molar-refractivity contribution in [1.29, 1.82) is 0 Å². The number of carbonyl (C=O) groups excluding carboxylic acids is 3. The number of halogens is 2. The predicted molar refractivity (Wildman–Crippen MR) is 108 cm³/mol. The van der Waals surface area contributed by atoms with E-state index in [2.05, 4.69) is 10.6 Å². The maximum Gasteiger partial charge on any atom is 0.329 e. The summed E-state index contributed by atoms with van der Waals surface area (Å²) in [6.45, 7) is 6.54. The minimum Gasteiger partial charge on any atom is -0.451 e. The van der Waals surface area contributed by atoms with Crippen LogP contribution in [0.3, 0.4) is 0 Å². The topological polar surface area (TPSA) is 84.5 Å². The van der Waals surface area contributed by atoms with E-state index in [1.54, 1.807) is 26.0 Å². The third-order valence-corrected chi connectivity index (χ3v) is 4.38. The molecule has 0 aromatic heterocycles. The molecule has 0 aliphatic carbocycles. The van der Waals surface area contributed by atoms with Crippen LogP contribution in [0.4, 0.5) is 14.5 Å². The minimum absolute atomic E-state index is 0.455. The predicted octanol–water partition coefficient (Wildman–Crippen LogP) is 3.60. The largest absolute Gasteiger partial charge is 0.451 e. The van der Waals surface area contributed by atoms with Crippen molar-refractivity contribution in [3.8, 4) is 0 Å². The van der Waals surface area contributed by atoms with Crippen LogP contribution in [-0.4, -0.2) is 29.9 Å². The van der Waals surface area contributed by atoms with Crippen molar-refractivity contribution in [1.82, 2.24) is 5.32 Å². The zero-order chi connectivity index (χ0) is 22.4. The maximum absolute atomic E-state index is 13.8. The third kappa shape index (κ3) is 5.85. The number of benzene rings is 2. The first-order chi connectivity index (χ1) is 14.1. The Morgan fingerprint density at radius 3 is 2.03 bits per heavy atom. The van der Waals surface area contributed by atoms with Gasteiger partial charge in [0.15, 0.2) is 6.10 Å². The molecule has 0 aliphatic heterocycles. The first-order valence-corrected chi connectivity index (χ1v) is 9.43. The van der Waals surface area contributed by atoms with E-state index in [0.29, 0.717) is 5.69 Å². The highest BCUT2D eigenvalue weighted by atomic mass is 19.1. The van der Waals surface area contributed by atoms with Crippen LogP contribution in [0.1, 0.15) is 36.7 Å². The van der Waals surface area contributed by atoms with Crippen LogP contribution in [0.2, 0.25) is 0 Å². The second kappa shape index (κ2) is 9.96. The van der Waals surface area contributed by atoms with Crippen LogP contribution in [0, 0.1) is 24.5 Å². The molecule has 6 nitrogen and oxygen atoms in total. The molecule has 0 heterocycles. The van der Waals surface area contributed by atoms with Crippen LogP contribution in [0.25, 0.3) is 0 Å². The quantitative estimate of drug-likeness (QED) is 0.673. The average molecular weight is 418 g/mol. The molecule has 30 heavy (non-hydrogen) atoms. The first kappa shape index (κ1) is 23.0. The number of rotatable bonds is 7. The van der Waals surface area contributed by atoms with Crippen LogP contribution < -0.4 is 10.6 Å². The summed E-state index contributed by atoms with van der Waals surface area (Å²) < 4.78 is 32.8. The van der Waals surface area contributed by atoms with Gasteiger partial charge in [-0.15, -0.1) is 0 Å². The lowest BCUT2D eigenvalue weighted by atomic mass is 10.0. The number of aryl methyl sites for hydroxylation is 1. The fourth-order valence-corrected chi connectivity index (χ4v) is 2.61. The summed E-state index contributed by atoms with van der Waals surface area (Å²) in [7, 11) is 0. The van der Waals surface area contributed by atoms with Crippen molar-refractivity contribution in [3.05, 3.63) is 65.2 Å². The SMILES string of the molecule is Cc1ccc(NC(=O)[C@H](C)OC(=O)[C@@H](NC(=O)c2c(F)cccc2F)C(C)C)cc1. The van der Waals surface area contributed by atoms with Gasteiger partial charge >= 0.3 is 5.97 Å². The van der Waals surface area contributed by atoms with Crippen molar-refractivity contribution in [2.45, 2.75) is 39.8 Å². The van der Waals surface area contributed by atoms with Crippen LogP contribution in [0.5, 0.6) is 0 Å². The second-order valence-corrected chi connectivity index (χ2v) is 7.23. The third-order valence-electron chi connectivity index (χ3n) is 4.38. The monoisotopic (exact) mass is 418 g/mol. The van der Waals surface area contributed by atoms with Crippen LogP contribution in [-0.2, 0) is 14.3 Å².